The van der Waals surface area contributed by atoms with Crippen LogP contribution in [0.25, 0.3) is 0 Å². The maximum Gasteiger partial charge on any atom is 0.314 e. The number of carbonyl (C=O) groups is 1. The number of hydrogen-bond donors (Lipinski definition) is 3. The Bertz CT molecular complexity index is 592. The Hall–Kier alpha value is -1.85. The number of aryl methyl sites for hydroxylation is 1. The van der Waals surface area contributed by atoms with E-state index in [1.165, 1.54) is 22.5 Å². The Morgan fingerprint density at radius 2 is 1.95 bits per heavy atom. The molecule has 1 unspecified atom stereocenters. The molecule has 22 heavy (non-hydrogen) atoms. The summed E-state index contributed by atoms with van der Waals surface area (Å²) in [6.07, 6.45) is 0.786. The summed E-state index contributed by atoms with van der Waals surface area (Å²) in [6.45, 7) is 4.49. The molecule has 118 valence electrons. The predicted octanol–water partition coefficient (Wildman–Crippen LogP) is 2.81. The van der Waals surface area contributed by atoms with E-state index in [1.807, 2.05) is 16.8 Å². The molecule has 1 heterocycles. The molecule has 0 saturated carbocycles. The lowest BCUT2D eigenvalue weighted by Crippen LogP contribution is -2.43. The number of benzene rings is 1. The molecule has 0 aliphatic heterocycles. The zero-order valence-corrected chi connectivity index (χ0v) is 13.7. The number of thiophene rings is 1. The molecular weight excluding hydrogens is 296 g/mol. The van der Waals surface area contributed by atoms with Gasteiger partial charge < -0.3 is 15.7 Å². The van der Waals surface area contributed by atoms with Crippen molar-refractivity contribution in [2.75, 3.05) is 13.1 Å². The van der Waals surface area contributed by atoms with Crippen LogP contribution in [-0.4, -0.2) is 24.2 Å². The van der Waals surface area contributed by atoms with Crippen LogP contribution < -0.4 is 10.6 Å². The molecule has 0 aliphatic rings. The smallest absolute Gasteiger partial charge is 0.314 e. The highest BCUT2D eigenvalue weighted by Crippen LogP contribution is 2.21. The van der Waals surface area contributed by atoms with E-state index in [4.69, 9.17) is 0 Å². The van der Waals surface area contributed by atoms with Gasteiger partial charge in [0.15, 0.2) is 0 Å². The lowest BCUT2D eigenvalue weighted by molar-refractivity contribution is 0.0598. The van der Waals surface area contributed by atoms with Gasteiger partial charge in [0.05, 0.1) is 6.54 Å². The van der Waals surface area contributed by atoms with Crippen molar-refractivity contribution >= 4 is 17.4 Å². The highest BCUT2D eigenvalue weighted by atomic mass is 32.1. The minimum absolute atomic E-state index is 0.181. The van der Waals surface area contributed by atoms with Gasteiger partial charge >= 0.3 is 6.03 Å². The second-order valence-corrected chi connectivity index (χ2v) is 6.41. The molecule has 0 saturated heterocycles. The molecule has 1 aromatic heterocycles. The first kappa shape index (κ1) is 16.5. The molecule has 0 spiro atoms. The summed E-state index contributed by atoms with van der Waals surface area (Å²) in [7, 11) is 0. The summed E-state index contributed by atoms with van der Waals surface area (Å²) in [5.41, 5.74) is 2.19. The van der Waals surface area contributed by atoms with Crippen molar-refractivity contribution in [2.45, 2.75) is 25.9 Å². The van der Waals surface area contributed by atoms with Gasteiger partial charge in [0.2, 0.25) is 0 Å². The van der Waals surface area contributed by atoms with Crippen molar-refractivity contribution in [3.8, 4) is 0 Å². The summed E-state index contributed by atoms with van der Waals surface area (Å²) in [4.78, 5) is 11.8. The Kier molecular flexibility index (Phi) is 5.57. The topological polar surface area (TPSA) is 61.4 Å². The van der Waals surface area contributed by atoms with Crippen LogP contribution in [0.2, 0.25) is 0 Å². The summed E-state index contributed by atoms with van der Waals surface area (Å²) in [5.74, 6) is 0. The van der Waals surface area contributed by atoms with Gasteiger partial charge in [-0.05, 0) is 48.2 Å². The average molecular weight is 318 g/mol. The molecule has 0 aliphatic carbocycles. The second kappa shape index (κ2) is 7.42. The molecule has 0 fully saturated rings. The number of nitrogens with one attached hydrogen (secondary N) is 2. The van der Waals surface area contributed by atoms with Crippen molar-refractivity contribution in [2.24, 2.45) is 0 Å². The highest BCUT2D eigenvalue weighted by Gasteiger charge is 2.23. The lowest BCUT2D eigenvalue weighted by Gasteiger charge is -2.22. The van der Waals surface area contributed by atoms with Crippen LogP contribution in [0.5, 0.6) is 0 Å². The largest absolute Gasteiger partial charge is 0.384 e. The Morgan fingerprint density at radius 3 is 2.59 bits per heavy atom. The fourth-order valence-electron chi connectivity index (χ4n) is 2.06. The molecule has 4 nitrogen and oxygen atoms in total. The SMILES string of the molecule is Cc1ccc(CCNC(=O)NCC(C)(O)c2ccsc2)cc1. The van der Waals surface area contributed by atoms with Gasteiger partial charge in [0, 0.05) is 6.54 Å². The highest BCUT2D eigenvalue weighted by molar-refractivity contribution is 7.08. The third-order valence-electron chi connectivity index (χ3n) is 3.56. The van der Waals surface area contributed by atoms with Crippen LogP contribution >= 0.6 is 11.3 Å². The number of aliphatic hydroxyl groups is 1. The molecule has 3 N–H and O–H groups in total. The molecular formula is C17H22N2O2S. The fraction of sp³-hybridized carbons (Fsp3) is 0.353. The Balaban J connectivity index is 1.71. The van der Waals surface area contributed by atoms with Gasteiger partial charge in [0.1, 0.15) is 5.60 Å². The lowest BCUT2D eigenvalue weighted by atomic mass is 9.99. The van der Waals surface area contributed by atoms with Crippen LogP contribution in [0.4, 0.5) is 4.79 Å². The summed E-state index contributed by atoms with van der Waals surface area (Å²) >= 11 is 1.52. The van der Waals surface area contributed by atoms with Crippen molar-refractivity contribution in [1.29, 1.82) is 0 Å². The van der Waals surface area contributed by atoms with Crippen molar-refractivity contribution < 1.29 is 9.90 Å². The van der Waals surface area contributed by atoms with Crippen molar-refractivity contribution in [3.05, 3.63) is 57.8 Å². The van der Waals surface area contributed by atoms with Gasteiger partial charge in [-0.3, -0.25) is 0 Å². The molecule has 2 rings (SSSR count). The number of carbonyl (C=O) groups excluding carboxylic acids is 1. The molecule has 5 heteroatoms. The first-order valence-corrected chi connectivity index (χ1v) is 8.24. The van der Waals surface area contributed by atoms with Crippen LogP contribution in [0.3, 0.4) is 0 Å². The van der Waals surface area contributed by atoms with Gasteiger partial charge in [-0.1, -0.05) is 29.8 Å². The number of urea groups is 1. The first-order valence-electron chi connectivity index (χ1n) is 7.30. The van der Waals surface area contributed by atoms with Crippen molar-refractivity contribution in [1.82, 2.24) is 10.6 Å². The third-order valence-corrected chi connectivity index (χ3v) is 4.24. The maximum atomic E-state index is 11.8. The minimum Gasteiger partial charge on any atom is -0.384 e. The average Bonchev–Trinajstić information content (AvgIpc) is 3.02. The molecule has 1 atom stereocenters. The molecule has 0 radical (unpaired) electrons. The number of hydrogen-bond acceptors (Lipinski definition) is 3. The maximum absolute atomic E-state index is 11.8. The van der Waals surface area contributed by atoms with E-state index in [0.29, 0.717) is 6.54 Å². The van der Waals surface area contributed by atoms with Gasteiger partial charge in [-0.25, -0.2) is 4.79 Å². The Labute approximate surface area is 135 Å². The Morgan fingerprint density at radius 1 is 1.23 bits per heavy atom. The summed E-state index contributed by atoms with van der Waals surface area (Å²) in [6, 6.07) is 9.86. The van der Waals surface area contributed by atoms with E-state index >= 15 is 0 Å². The molecule has 1 aromatic carbocycles. The molecule has 2 aromatic rings. The van der Waals surface area contributed by atoms with Crippen LogP contribution in [0.1, 0.15) is 23.6 Å². The standard InChI is InChI=1S/C17H22N2O2S/c1-13-3-5-14(6-4-13)7-9-18-16(20)19-12-17(2,21)15-8-10-22-11-15/h3-6,8,10-11,21H,7,9,12H2,1-2H3,(H2,18,19,20). The summed E-state index contributed by atoms with van der Waals surface area (Å²) in [5, 5.41) is 19.6. The fourth-order valence-corrected chi connectivity index (χ4v) is 2.85. The number of amides is 2. The second-order valence-electron chi connectivity index (χ2n) is 5.63. The van der Waals surface area contributed by atoms with Gasteiger partial charge in [0.25, 0.3) is 0 Å². The van der Waals surface area contributed by atoms with Gasteiger partial charge in [-0.2, -0.15) is 11.3 Å². The van der Waals surface area contributed by atoms with E-state index in [1.54, 1.807) is 6.92 Å². The minimum atomic E-state index is -1.05. The normalized spacial score (nSPS) is 13.4. The monoisotopic (exact) mass is 318 g/mol. The van der Waals surface area contributed by atoms with E-state index in [-0.39, 0.29) is 12.6 Å². The van der Waals surface area contributed by atoms with Crippen LogP contribution in [-0.2, 0) is 12.0 Å². The summed E-state index contributed by atoms with van der Waals surface area (Å²) < 4.78 is 0. The van der Waals surface area contributed by atoms with Crippen molar-refractivity contribution in [3.63, 3.8) is 0 Å². The molecule has 0 bridgehead atoms. The van der Waals surface area contributed by atoms with E-state index in [2.05, 4.69) is 41.8 Å². The van der Waals surface area contributed by atoms with Crippen LogP contribution in [0, 0.1) is 6.92 Å². The predicted molar refractivity (Wildman–Crippen MR) is 90.2 cm³/mol. The van der Waals surface area contributed by atoms with E-state index in [9.17, 15) is 9.90 Å². The van der Waals surface area contributed by atoms with E-state index < -0.39 is 5.60 Å². The zero-order chi connectivity index (χ0) is 16.0. The molecule has 2 amide bonds. The zero-order valence-electron chi connectivity index (χ0n) is 12.9. The third kappa shape index (κ3) is 4.86. The van der Waals surface area contributed by atoms with Crippen LogP contribution in [0.15, 0.2) is 41.1 Å². The van der Waals surface area contributed by atoms with Gasteiger partial charge in [-0.15, -0.1) is 0 Å². The first-order chi connectivity index (χ1) is 10.5. The quantitative estimate of drug-likeness (QED) is 0.767. The number of rotatable bonds is 6. The van der Waals surface area contributed by atoms with E-state index in [0.717, 1.165) is 12.0 Å².